The van der Waals surface area contributed by atoms with Crippen molar-refractivity contribution < 1.29 is 4.74 Å². The molecule has 0 aliphatic carbocycles. The number of nitrogens with zero attached hydrogens (tertiary/aromatic N) is 3. The van der Waals surface area contributed by atoms with Crippen LogP contribution in [0.4, 0.5) is 0 Å². The first kappa shape index (κ1) is 20.2. The molecule has 0 bridgehead atoms. The molecule has 0 aliphatic heterocycles. The molecule has 0 spiro atoms. The summed E-state index contributed by atoms with van der Waals surface area (Å²) >= 11 is 0. The Morgan fingerprint density at radius 2 is 2.00 bits per heavy atom. The molecule has 0 saturated carbocycles. The summed E-state index contributed by atoms with van der Waals surface area (Å²) < 4.78 is 5.15. The van der Waals surface area contributed by atoms with Crippen molar-refractivity contribution in [1.82, 2.24) is 25.8 Å². The van der Waals surface area contributed by atoms with Gasteiger partial charge in [0.25, 0.3) is 0 Å². The van der Waals surface area contributed by atoms with Crippen LogP contribution in [0.2, 0.25) is 0 Å². The maximum Gasteiger partial charge on any atom is 0.191 e. The quantitative estimate of drug-likeness (QED) is 0.362. The molecule has 1 aromatic carbocycles. The van der Waals surface area contributed by atoms with Crippen LogP contribution < -0.4 is 15.4 Å². The number of halogens is 1. The number of hydrogen-bond donors (Lipinski definition) is 3. The molecule has 8 heteroatoms. The zero-order chi connectivity index (χ0) is 16.7. The van der Waals surface area contributed by atoms with E-state index in [0.29, 0.717) is 18.4 Å². The Hall–Kier alpha value is -1.84. The summed E-state index contributed by atoms with van der Waals surface area (Å²) in [5.74, 6) is 2.95. The smallest absolute Gasteiger partial charge is 0.191 e. The molecule has 2 aromatic rings. The van der Waals surface area contributed by atoms with Crippen LogP contribution in [0.5, 0.6) is 5.75 Å². The molecular weight excluding hydrogens is 419 g/mol. The second kappa shape index (κ2) is 10.1. The number of aromatic amines is 1. The van der Waals surface area contributed by atoms with Crippen molar-refractivity contribution in [2.45, 2.75) is 33.4 Å². The highest BCUT2D eigenvalue weighted by atomic mass is 127. The van der Waals surface area contributed by atoms with Gasteiger partial charge >= 0.3 is 0 Å². The second-order valence-corrected chi connectivity index (χ2v) is 5.33. The highest BCUT2D eigenvalue weighted by Gasteiger charge is 2.06. The average molecular weight is 444 g/mol. The third kappa shape index (κ3) is 5.99. The molecule has 132 valence electrons. The molecular formula is C16H25IN6O. The fourth-order valence-electron chi connectivity index (χ4n) is 1.98. The molecule has 0 unspecified atom stereocenters. The first-order valence-electron chi connectivity index (χ1n) is 7.73. The SMILES string of the molecule is CCNC(=NCc1nc(-c2ccc(OC)cc2)n[nH]1)NC(C)C.I. The third-order valence-electron chi connectivity index (χ3n) is 3.04. The van der Waals surface area contributed by atoms with Crippen LogP contribution in [0.15, 0.2) is 29.3 Å². The van der Waals surface area contributed by atoms with E-state index in [1.165, 1.54) is 0 Å². The molecule has 0 saturated heterocycles. The predicted octanol–water partition coefficient (Wildman–Crippen LogP) is 2.56. The van der Waals surface area contributed by atoms with Gasteiger partial charge in [-0.25, -0.2) is 9.98 Å². The Morgan fingerprint density at radius 3 is 2.58 bits per heavy atom. The van der Waals surface area contributed by atoms with E-state index in [1.54, 1.807) is 7.11 Å². The highest BCUT2D eigenvalue weighted by molar-refractivity contribution is 14.0. The fourth-order valence-corrected chi connectivity index (χ4v) is 1.98. The van der Waals surface area contributed by atoms with Gasteiger partial charge in [-0.15, -0.1) is 24.0 Å². The Kier molecular flexibility index (Phi) is 8.51. The lowest BCUT2D eigenvalue weighted by Crippen LogP contribution is -2.41. The van der Waals surface area contributed by atoms with Crippen LogP contribution in [0, 0.1) is 0 Å². The zero-order valence-corrected chi connectivity index (χ0v) is 16.8. The zero-order valence-electron chi connectivity index (χ0n) is 14.5. The summed E-state index contributed by atoms with van der Waals surface area (Å²) in [5.41, 5.74) is 0.935. The standard InChI is InChI=1S/C16H24N6O.HI/c1-5-17-16(19-11(2)3)18-10-14-20-15(22-21-14)12-6-8-13(23-4)9-7-12;/h6-9,11H,5,10H2,1-4H3,(H2,17,18,19)(H,20,21,22);1H. The lowest BCUT2D eigenvalue weighted by Gasteiger charge is -2.13. The Bertz CT molecular complexity index is 638. The van der Waals surface area contributed by atoms with E-state index in [-0.39, 0.29) is 24.0 Å². The summed E-state index contributed by atoms with van der Waals surface area (Å²) in [6, 6.07) is 7.95. The number of rotatable bonds is 6. The van der Waals surface area contributed by atoms with Crippen molar-refractivity contribution in [2.24, 2.45) is 4.99 Å². The molecule has 1 aromatic heterocycles. The van der Waals surface area contributed by atoms with Crippen LogP contribution in [-0.4, -0.2) is 40.8 Å². The van der Waals surface area contributed by atoms with Crippen molar-refractivity contribution in [2.75, 3.05) is 13.7 Å². The maximum absolute atomic E-state index is 5.15. The van der Waals surface area contributed by atoms with E-state index in [0.717, 1.165) is 29.6 Å². The Labute approximate surface area is 159 Å². The van der Waals surface area contributed by atoms with E-state index in [1.807, 2.05) is 31.2 Å². The van der Waals surface area contributed by atoms with Crippen molar-refractivity contribution >= 4 is 29.9 Å². The van der Waals surface area contributed by atoms with E-state index in [4.69, 9.17) is 4.74 Å². The number of aliphatic imine (C=N–C) groups is 1. The van der Waals surface area contributed by atoms with Gasteiger partial charge in [0.05, 0.1) is 7.11 Å². The van der Waals surface area contributed by atoms with E-state index >= 15 is 0 Å². The van der Waals surface area contributed by atoms with Crippen LogP contribution in [0.1, 0.15) is 26.6 Å². The van der Waals surface area contributed by atoms with Gasteiger partial charge in [-0.05, 0) is 45.0 Å². The number of nitrogens with one attached hydrogen (secondary N) is 3. The Morgan fingerprint density at radius 1 is 1.29 bits per heavy atom. The largest absolute Gasteiger partial charge is 0.497 e. The monoisotopic (exact) mass is 444 g/mol. The summed E-state index contributed by atoms with van der Waals surface area (Å²) in [7, 11) is 1.64. The van der Waals surface area contributed by atoms with E-state index < -0.39 is 0 Å². The molecule has 3 N–H and O–H groups in total. The van der Waals surface area contributed by atoms with Gasteiger partial charge in [0.1, 0.15) is 18.1 Å². The molecule has 0 atom stereocenters. The number of guanidine groups is 1. The van der Waals surface area contributed by atoms with Crippen molar-refractivity contribution in [3.63, 3.8) is 0 Å². The van der Waals surface area contributed by atoms with Crippen LogP contribution in [-0.2, 0) is 6.54 Å². The number of H-pyrrole nitrogens is 1. The van der Waals surface area contributed by atoms with E-state index in [2.05, 4.69) is 44.7 Å². The molecule has 7 nitrogen and oxygen atoms in total. The lowest BCUT2D eigenvalue weighted by atomic mass is 10.2. The van der Waals surface area contributed by atoms with Gasteiger partial charge in [0.15, 0.2) is 11.8 Å². The van der Waals surface area contributed by atoms with Crippen molar-refractivity contribution in [1.29, 1.82) is 0 Å². The van der Waals surface area contributed by atoms with Gasteiger partial charge < -0.3 is 15.4 Å². The Balaban J connectivity index is 0.00000288. The van der Waals surface area contributed by atoms with Gasteiger partial charge in [0.2, 0.25) is 0 Å². The molecule has 1 heterocycles. The summed E-state index contributed by atoms with van der Waals surface area (Å²) in [6.45, 7) is 7.43. The van der Waals surface area contributed by atoms with Gasteiger partial charge in [-0.1, -0.05) is 0 Å². The van der Waals surface area contributed by atoms with Crippen molar-refractivity contribution in [3.8, 4) is 17.1 Å². The first-order chi connectivity index (χ1) is 11.1. The molecule has 0 fully saturated rings. The van der Waals surface area contributed by atoms with Gasteiger partial charge in [0, 0.05) is 18.2 Å². The summed E-state index contributed by atoms with van der Waals surface area (Å²) in [4.78, 5) is 8.98. The summed E-state index contributed by atoms with van der Waals surface area (Å²) in [6.07, 6.45) is 0. The average Bonchev–Trinajstić information content (AvgIpc) is 3.01. The molecule has 2 rings (SSSR count). The lowest BCUT2D eigenvalue weighted by molar-refractivity contribution is 0.415. The highest BCUT2D eigenvalue weighted by Crippen LogP contribution is 2.18. The topological polar surface area (TPSA) is 87.2 Å². The number of benzene rings is 1. The third-order valence-corrected chi connectivity index (χ3v) is 3.04. The number of aromatic nitrogens is 3. The van der Waals surface area contributed by atoms with Crippen LogP contribution >= 0.6 is 24.0 Å². The minimum atomic E-state index is 0. The minimum absolute atomic E-state index is 0. The maximum atomic E-state index is 5.15. The molecule has 0 amide bonds. The molecule has 0 radical (unpaired) electrons. The predicted molar refractivity (Wildman–Crippen MR) is 107 cm³/mol. The van der Waals surface area contributed by atoms with E-state index in [9.17, 15) is 0 Å². The number of methoxy groups -OCH3 is 1. The van der Waals surface area contributed by atoms with Gasteiger partial charge in [-0.3, -0.25) is 5.10 Å². The molecule has 24 heavy (non-hydrogen) atoms. The van der Waals surface area contributed by atoms with Crippen molar-refractivity contribution in [3.05, 3.63) is 30.1 Å². The normalized spacial score (nSPS) is 11.1. The van der Waals surface area contributed by atoms with Crippen LogP contribution in [0.25, 0.3) is 11.4 Å². The number of ether oxygens (including phenoxy) is 1. The number of hydrogen-bond acceptors (Lipinski definition) is 4. The minimum Gasteiger partial charge on any atom is -0.497 e. The first-order valence-corrected chi connectivity index (χ1v) is 7.73. The summed E-state index contributed by atoms with van der Waals surface area (Å²) in [5, 5.41) is 13.6. The fraction of sp³-hybridized carbons (Fsp3) is 0.438. The molecule has 0 aliphatic rings. The second-order valence-electron chi connectivity index (χ2n) is 5.33. The van der Waals surface area contributed by atoms with Gasteiger partial charge in [-0.2, -0.15) is 5.10 Å². The van der Waals surface area contributed by atoms with Crippen LogP contribution in [0.3, 0.4) is 0 Å².